The zero-order valence-corrected chi connectivity index (χ0v) is 18.5. The number of para-hydroxylation sites is 1. The van der Waals surface area contributed by atoms with E-state index in [9.17, 15) is 9.59 Å². The Morgan fingerprint density at radius 3 is 2.80 bits per heavy atom. The number of carbonyl (C=O) groups excluding carboxylic acids is 1. The zero-order valence-electron chi connectivity index (χ0n) is 17.7. The molecule has 4 rings (SSSR count). The first-order valence-electron chi connectivity index (χ1n) is 10.4. The fourth-order valence-corrected chi connectivity index (χ4v) is 5.05. The van der Waals surface area contributed by atoms with E-state index >= 15 is 0 Å². The first-order chi connectivity index (χ1) is 14.5. The van der Waals surface area contributed by atoms with Gasteiger partial charge in [0.15, 0.2) is 10.9 Å². The summed E-state index contributed by atoms with van der Waals surface area (Å²) >= 11 is 1.33. The molecule has 3 heterocycles. The molecule has 158 valence electrons. The number of ketones is 1. The summed E-state index contributed by atoms with van der Waals surface area (Å²) in [6, 6.07) is 9.30. The van der Waals surface area contributed by atoms with Gasteiger partial charge in [-0.25, -0.2) is 4.98 Å². The van der Waals surface area contributed by atoms with Crippen molar-refractivity contribution >= 4 is 28.4 Å². The Balaban J connectivity index is 1.55. The van der Waals surface area contributed by atoms with Crippen molar-refractivity contribution in [3.63, 3.8) is 0 Å². The first kappa shape index (κ1) is 20.9. The molecule has 6 nitrogen and oxygen atoms in total. The molecule has 2 aromatic heterocycles. The standard InChI is InChI=1S/C23H27N3O3S/c1-4-25-22(28)18-9-5-6-10-20(18)24-23(25)30-14-21(27)19-12-15(2)26(16(19)3)13-17-8-7-11-29-17/h5-6,9-10,12,17H,4,7-8,11,13-14H2,1-3H3/t17-/m0/s1. The average Bonchev–Trinajstić information content (AvgIpc) is 3.36. The fraction of sp³-hybridized carbons (Fsp3) is 0.435. The van der Waals surface area contributed by atoms with E-state index in [0.29, 0.717) is 22.6 Å². The van der Waals surface area contributed by atoms with Crippen molar-refractivity contribution in [3.8, 4) is 0 Å². The van der Waals surface area contributed by atoms with Gasteiger partial charge < -0.3 is 9.30 Å². The molecule has 0 spiro atoms. The number of rotatable bonds is 7. The van der Waals surface area contributed by atoms with Crippen LogP contribution in [0.1, 0.15) is 41.5 Å². The van der Waals surface area contributed by atoms with Gasteiger partial charge in [0.25, 0.3) is 5.56 Å². The van der Waals surface area contributed by atoms with Crippen molar-refractivity contribution in [2.75, 3.05) is 12.4 Å². The SMILES string of the molecule is CCn1c(SCC(=O)c2cc(C)n(C[C@@H]3CCCO3)c2C)nc2ccccc2c1=O. The van der Waals surface area contributed by atoms with Crippen LogP contribution in [0.25, 0.3) is 10.9 Å². The van der Waals surface area contributed by atoms with Crippen LogP contribution >= 0.6 is 11.8 Å². The number of benzene rings is 1. The maximum Gasteiger partial charge on any atom is 0.262 e. The number of hydrogen-bond acceptors (Lipinski definition) is 5. The van der Waals surface area contributed by atoms with Crippen LogP contribution in [-0.4, -0.2) is 38.4 Å². The van der Waals surface area contributed by atoms with Gasteiger partial charge in [0.2, 0.25) is 0 Å². The molecule has 0 amide bonds. The van der Waals surface area contributed by atoms with Gasteiger partial charge in [-0.15, -0.1) is 0 Å². The summed E-state index contributed by atoms with van der Waals surface area (Å²) in [5.41, 5.74) is 3.40. The van der Waals surface area contributed by atoms with E-state index in [2.05, 4.69) is 9.55 Å². The highest BCUT2D eigenvalue weighted by Gasteiger charge is 2.21. The van der Waals surface area contributed by atoms with Crippen molar-refractivity contribution in [2.24, 2.45) is 0 Å². The number of hydrogen-bond donors (Lipinski definition) is 0. The van der Waals surface area contributed by atoms with Crippen LogP contribution in [0.15, 0.2) is 40.3 Å². The molecule has 0 aliphatic carbocycles. The molecular formula is C23H27N3O3S. The van der Waals surface area contributed by atoms with Crippen molar-refractivity contribution in [1.29, 1.82) is 0 Å². The molecule has 30 heavy (non-hydrogen) atoms. The summed E-state index contributed by atoms with van der Waals surface area (Å²) < 4.78 is 9.59. The molecule has 0 saturated carbocycles. The van der Waals surface area contributed by atoms with Gasteiger partial charge in [0.05, 0.1) is 22.8 Å². The molecule has 0 unspecified atom stereocenters. The third-order valence-corrected chi connectivity index (χ3v) is 6.74. The smallest absolute Gasteiger partial charge is 0.262 e. The molecule has 1 fully saturated rings. The summed E-state index contributed by atoms with van der Waals surface area (Å²) in [7, 11) is 0. The molecule has 1 aromatic carbocycles. The lowest BCUT2D eigenvalue weighted by atomic mass is 10.2. The maximum atomic E-state index is 13.0. The van der Waals surface area contributed by atoms with Crippen molar-refractivity contribution < 1.29 is 9.53 Å². The van der Waals surface area contributed by atoms with Gasteiger partial charge in [-0.3, -0.25) is 14.2 Å². The predicted octanol–water partition coefficient (Wildman–Crippen LogP) is 3.99. The molecule has 0 bridgehead atoms. The van der Waals surface area contributed by atoms with Gasteiger partial charge in [-0.05, 0) is 51.8 Å². The number of fused-ring (bicyclic) bond motifs is 1. The lowest BCUT2D eigenvalue weighted by Crippen LogP contribution is -2.23. The second-order valence-electron chi connectivity index (χ2n) is 7.70. The van der Waals surface area contributed by atoms with Crippen LogP contribution < -0.4 is 5.56 Å². The van der Waals surface area contributed by atoms with E-state index in [-0.39, 0.29) is 23.2 Å². The molecular weight excluding hydrogens is 398 g/mol. The highest BCUT2D eigenvalue weighted by molar-refractivity contribution is 7.99. The Morgan fingerprint density at radius 2 is 2.07 bits per heavy atom. The predicted molar refractivity (Wildman–Crippen MR) is 120 cm³/mol. The number of carbonyl (C=O) groups is 1. The Kier molecular flexibility index (Phi) is 6.11. The topological polar surface area (TPSA) is 66.1 Å². The summed E-state index contributed by atoms with van der Waals surface area (Å²) in [4.78, 5) is 30.4. The number of thioether (sulfide) groups is 1. The van der Waals surface area contributed by atoms with E-state index < -0.39 is 0 Å². The van der Waals surface area contributed by atoms with Crippen LogP contribution in [0.4, 0.5) is 0 Å². The molecule has 7 heteroatoms. The minimum absolute atomic E-state index is 0.0525. The van der Waals surface area contributed by atoms with E-state index in [1.165, 1.54) is 11.8 Å². The molecule has 0 N–H and O–H groups in total. The van der Waals surface area contributed by atoms with Crippen molar-refractivity contribution in [3.05, 3.63) is 57.6 Å². The number of nitrogens with zero attached hydrogens (tertiary/aromatic N) is 3. The van der Waals surface area contributed by atoms with E-state index in [1.54, 1.807) is 10.6 Å². The summed E-state index contributed by atoms with van der Waals surface area (Å²) in [6.45, 7) is 8.08. The second kappa shape index (κ2) is 8.78. The van der Waals surface area contributed by atoms with E-state index in [0.717, 1.165) is 42.9 Å². The lowest BCUT2D eigenvalue weighted by Gasteiger charge is -2.15. The molecule has 1 atom stereocenters. The van der Waals surface area contributed by atoms with Gasteiger partial charge in [0.1, 0.15) is 0 Å². The van der Waals surface area contributed by atoms with E-state index in [4.69, 9.17) is 4.74 Å². The summed E-state index contributed by atoms with van der Waals surface area (Å²) in [6.07, 6.45) is 2.40. The fourth-order valence-electron chi connectivity index (χ4n) is 4.10. The highest BCUT2D eigenvalue weighted by atomic mass is 32.2. The first-order valence-corrected chi connectivity index (χ1v) is 11.4. The van der Waals surface area contributed by atoms with Gasteiger partial charge >= 0.3 is 0 Å². The summed E-state index contributed by atoms with van der Waals surface area (Å²) in [5.74, 6) is 0.298. The van der Waals surface area contributed by atoms with Crippen molar-refractivity contribution in [1.82, 2.24) is 14.1 Å². The van der Waals surface area contributed by atoms with Gasteiger partial charge in [-0.2, -0.15) is 0 Å². The third-order valence-electron chi connectivity index (χ3n) is 5.76. The van der Waals surface area contributed by atoms with Crippen molar-refractivity contribution in [2.45, 2.75) is 58.0 Å². The van der Waals surface area contributed by atoms with Gasteiger partial charge in [0, 0.05) is 36.6 Å². The zero-order chi connectivity index (χ0) is 21.3. The Bertz CT molecular complexity index is 1140. The number of ether oxygens (including phenoxy) is 1. The molecule has 1 aliphatic rings. The number of Topliss-reactive ketones (excluding diaryl/α,β-unsaturated/α-hetero) is 1. The molecule has 1 aliphatic heterocycles. The van der Waals surface area contributed by atoms with Gasteiger partial charge in [-0.1, -0.05) is 23.9 Å². The lowest BCUT2D eigenvalue weighted by molar-refractivity contribution is 0.0957. The van der Waals surface area contributed by atoms with Crippen LogP contribution in [-0.2, 0) is 17.8 Å². The highest BCUT2D eigenvalue weighted by Crippen LogP contribution is 2.24. The largest absolute Gasteiger partial charge is 0.376 e. The molecule has 3 aromatic rings. The third kappa shape index (κ3) is 3.96. The molecule has 1 saturated heterocycles. The maximum absolute atomic E-state index is 13.0. The van der Waals surface area contributed by atoms with Crippen LogP contribution in [0.3, 0.4) is 0 Å². The number of aromatic nitrogens is 3. The van der Waals surface area contributed by atoms with Crippen LogP contribution in [0, 0.1) is 13.8 Å². The van der Waals surface area contributed by atoms with Crippen LogP contribution in [0.5, 0.6) is 0 Å². The Labute approximate surface area is 180 Å². The normalized spacial score (nSPS) is 16.4. The quantitative estimate of drug-likeness (QED) is 0.325. The van der Waals surface area contributed by atoms with E-state index in [1.807, 2.05) is 45.0 Å². The monoisotopic (exact) mass is 425 g/mol. The Hall–Kier alpha value is -2.38. The van der Waals surface area contributed by atoms with Crippen LogP contribution in [0.2, 0.25) is 0 Å². The minimum atomic E-state index is -0.0622. The second-order valence-corrected chi connectivity index (χ2v) is 8.65. The average molecular weight is 426 g/mol. The Morgan fingerprint density at radius 1 is 1.27 bits per heavy atom. The number of aryl methyl sites for hydroxylation is 1. The minimum Gasteiger partial charge on any atom is -0.376 e. The molecule has 0 radical (unpaired) electrons. The summed E-state index contributed by atoms with van der Waals surface area (Å²) in [5, 5.41) is 1.19.